The third kappa shape index (κ3) is 2.33. The maximum absolute atomic E-state index is 11.2. The van der Waals surface area contributed by atoms with Gasteiger partial charge in [-0.1, -0.05) is 13.3 Å². The van der Waals surface area contributed by atoms with E-state index in [0.717, 1.165) is 44.4 Å². The second-order valence-electron chi connectivity index (χ2n) is 6.49. The van der Waals surface area contributed by atoms with Crippen LogP contribution >= 0.6 is 0 Å². The lowest BCUT2D eigenvalue weighted by Gasteiger charge is -2.49. The highest BCUT2D eigenvalue weighted by atomic mass is 16.5. The summed E-state index contributed by atoms with van der Waals surface area (Å²) in [6, 6.07) is 0. The van der Waals surface area contributed by atoms with E-state index in [0.29, 0.717) is 6.54 Å². The molecule has 2 aliphatic carbocycles. The van der Waals surface area contributed by atoms with Gasteiger partial charge in [0, 0.05) is 25.5 Å². The van der Waals surface area contributed by atoms with Crippen LogP contribution in [0.25, 0.3) is 0 Å². The van der Waals surface area contributed by atoms with Crippen LogP contribution < -0.4 is 5.73 Å². The van der Waals surface area contributed by atoms with Gasteiger partial charge in [0.2, 0.25) is 0 Å². The van der Waals surface area contributed by atoms with Crippen molar-refractivity contribution in [1.29, 1.82) is 0 Å². The van der Waals surface area contributed by atoms with Gasteiger partial charge in [0.05, 0.1) is 11.7 Å². The molecule has 0 aromatic carbocycles. The van der Waals surface area contributed by atoms with E-state index in [1.807, 2.05) is 0 Å². The van der Waals surface area contributed by atoms with Gasteiger partial charge >= 0.3 is 0 Å². The number of ether oxygens (including phenoxy) is 1. The highest BCUT2D eigenvalue weighted by Crippen LogP contribution is 2.54. The minimum absolute atomic E-state index is 0.0507. The Kier molecular flexibility index (Phi) is 4.35. The van der Waals surface area contributed by atoms with Gasteiger partial charge in [-0.05, 0) is 44.4 Å². The van der Waals surface area contributed by atoms with Crippen LogP contribution in [0.15, 0.2) is 0 Å². The Morgan fingerprint density at radius 2 is 2.06 bits per heavy atom. The molecular formula is C15H29NO2. The Labute approximate surface area is 111 Å². The molecule has 2 fully saturated rings. The zero-order valence-corrected chi connectivity index (χ0v) is 12.0. The zero-order valence-electron chi connectivity index (χ0n) is 12.0. The summed E-state index contributed by atoms with van der Waals surface area (Å²) >= 11 is 0. The van der Waals surface area contributed by atoms with E-state index in [-0.39, 0.29) is 11.5 Å². The first-order valence-electron chi connectivity index (χ1n) is 7.54. The van der Waals surface area contributed by atoms with Crippen molar-refractivity contribution in [2.24, 2.45) is 17.1 Å². The smallest absolute Gasteiger partial charge is 0.0740 e. The van der Waals surface area contributed by atoms with E-state index < -0.39 is 5.60 Å². The molecule has 2 rings (SSSR count). The molecule has 18 heavy (non-hydrogen) atoms. The van der Waals surface area contributed by atoms with E-state index in [9.17, 15) is 5.11 Å². The number of hydrogen-bond acceptors (Lipinski definition) is 3. The molecule has 2 aliphatic rings. The summed E-state index contributed by atoms with van der Waals surface area (Å²) in [4.78, 5) is 0. The summed E-state index contributed by atoms with van der Waals surface area (Å²) in [6.45, 7) is 2.87. The Hall–Kier alpha value is -0.120. The largest absolute Gasteiger partial charge is 0.389 e. The van der Waals surface area contributed by atoms with E-state index >= 15 is 0 Å². The zero-order chi connectivity index (χ0) is 13.2. The Balaban J connectivity index is 2.15. The van der Waals surface area contributed by atoms with Crippen LogP contribution in [0.4, 0.5) is 0 Å². The van der Waals surface area contributed by atoms with Gasteiger partial charge in [-0.25, -0.2) is 0 Å². The quantitative estimate of drug-likeness (QED) is 0.811. The molecule has 0 aromatic heterocycles. The van der Waals surface area contributed by atoms with Crippen molar-refractivity contribution in [3.05, 3.63) is 0 Å². The van der Waals surface area contributed by atoms with E-state index in [1.165, 1.54) is 12.8 Å². The summed E-state index contributed by atoms with van der Waals surface area (Å²) in [5.74, 6) is 0.750. The van der Waals surface area contributed by atoms with Crippen molar-refractivity contribution in [1.82, 2.24) is 0 Å². The molecule has 0 amide bonds. The highest BCUT2D eigenvalue weighted by Gasteiger charge is 2.54. The van der Waals surface area contributed by atoms with Crippen molar-refractivity contribution in [3.63, 3.8) is 0 Å². The molecule has 0 heterocycles. The molecule has 4 unspecified atom stereocenters. The van der Waals surface area contributed by atoms with Gasteiger partial charge in [0.15, 0.2) is 0 Å². The predicted octanol–water partition coefficient (Wildman–Crippen LogP) is 2.46. The average Bonchev–Trinajstić information content (AvgIpc) is 2.84. The van der Waals surface area contributed by atoms with Crippen LogP contribution in [0.3, 0.4) is 0 Å². The van der Waals surface area contributed by atoms with Gasteiger partial charge in [0.25, 0.3) is 0 Å². The number of hydrogen-bond donors (Lipinski definition) is 2. The minimum atomic E-state index is -0.593. The van der Waals surface area contributed by atoms with Crippen LogP contribution in [0, 0.1) is 11.3 Å². The monoisotopic (exact) mass is 255 g/mol. The molecule has 3 nitrogen and oxygen atoms in total. The molecule has 0 aliphatic heterocycles. The molecule has 0 saturated heterocycles. The SMILES string of the molecule is CCC1CCC(CN)(C2(O)CCCC(OC)C2)C1. The molecule has 0 radical (unpaired) electrons. The number of aliphatic hydroxyl groups is 1. The Morgan fingerprint density at radius 3 is 2.61 bits per heavy atom. The van der Waals surface area contributed by atoms with Gasteiger partial charge in [-0.15, -0.1) is 0 Å². The van der Waals surface area contributed by atoms with Crippen molar-refractivity contribution in [2.45, 2.75) is 70.0 Å². The summed E-state index contributed by atoms with van der Waals surface area (Å²) in [7, 11) is 1.76. The third-order valence-electron chi connectivity index (χ3n) is 5.68. The molecule has 0 aromatic rings. The third-order valence-corrected chi connectivity index (χ3v) is 5.68. The molecule has 4 atom stereocenters. The fraction of sp³-hybridized carbons (Fsp3) is 1.00. The van der Waals surface area contributed by atoms with Gasteiger partial charge in [-0.3, -0.25) is 0 Å². The molecule has 3 heteroatoms. The van der Waals surface area contributed by atoms with Crippen LogP contribution in [-0.2, 0) is 4.74 Å². The van der Waals surface area contributed by atoms with Gasteiger partial charge in [0.1, 0.15) is 0 Å². The topological polar surface area (TPSA) is 55.5 Å². The van der Waals surface area contributed by atoms with Crippen molar-refractivity contribution < 1.29 is 9.84 Å². The maximum atomic E-state index is 11.2. The van der Waals surface area contributed by atoms with Crippen molar-refractivity contribution in [3.8, 4) is 0 Å². The van der Waals surface area contributed by atoms with E-state index in [1.54, 1.807) is 7.11 Å². The van der Waals surface area contributed by atoms with E-state index in [2.05, 4.69) is 6.92 Å². The maximum Gasteiger partial charge on any atom is 0.0740 e. The second-order valence-corrected chi connectivity index (χ2v) is 6.49. The lowest BCUT2D eigenvalue weighted by molar-refractivity contribution is -0.136. The lowest BCUT2D eigenvalue weighted by Crippen LogP contribution is -2.54. The lowest BCUT2D eigenvalue weighted by atomic mass is 9.63. The summed E-state index contributed by atoms with van der Waals surface area (Å²) in [5, 5.41) is 11.2. The summed E-state index contributed by atoms with van der Waals surface area (Å²) in [6.07, 6.45) is 8.68. The Bertz CT molecular complexity index is 284. The fourth-order valence-corrected chi connectivity index (χ4v) is 4.27. The van der Waals surface area contributed by atoms with Crippen LogP contribution in [0.5, 0.6) is 0 Å². The second kappa shape index (κ2) is 5.48. The standard InChI is InChI=1S/C15H29NO2/c1-3-12-6-8-14(9-12,11-16)15(17)7-4-5-13(10-15)18-2/h12-13,17H,3-11,16H2,1-2H3. The highest BCUT2D eigenvalue weighted by molar-refractivity contribution is 5.06. The molecule has 0 spiro atoms. The van der Waals surface area contributed by atoms with Crippen LogP contribution in [0.1, 0.15) is 58.3 Å². The average molecular weight is 255 g/mol. The summed E-state index contributed by atoms with van der Waals surface area (Å²) in [5.41, 5.74) is 5.44. The first kappa shape index (κ1) is 14.3. The van der Waals surface area contributed by atoms with Gasteiger partial charge < -0.3 is 15.6 Å². The fourth-order valence-electron chi connectivity index (χ4n) is 4.27. The van der Waals surface area contributed by atoms with Crippen LogP contribution in [0.2, 0.25) is 0 Å². The number of rotatable bonds is 4. The van der Waals surface area contributed by atoms with Crippen molar-refractivity contribution >= 4 is 0 Å². The van der Waals surface area contributed by atoms with E-state index in [4.69, 9.17) is 10.5 Å². The molecule has 3 N–H and O–H groups in total. The number of methoxy groups -OCH3 is 1. The normalized spacial score (nSPS) is 45.3. The molecular weight excluding hydrogens is 226 g/mol. The Morgan fingerprint density at radius 1 is 1.28 bits per heavy atom. The van der Waals surface area contributed by atoms with Crippen LogP contribution in [-0.4, -0.2) is 30.5 Å². The minimum Gasteiger partial charge on any atom is -0.389 e. The first-order valence-corrected chi connectivity index (χ1v) is 7.54. The predicted molar refractivity (Wildman–Crippen MR) is 73.3 cm³/mol. The van der Waals surface area contributed by atoms with Crippen molar-refractivity contribution in [2.75, 3.05) is 13.7 Å². The first-order chi connectivity index (χ1) is 8.59. The molecule has 106 valence electrons. The summed E-state index contributed by atoms with van der Waals surface area (Å²) < 4.78 is 5.49. The van der Waals surface area contributed by atoms with Gasteiger partial charge in [-0.2, -0.15) is 0 Å². The molecule has 0 bridgehead atoms. The molecule has 2 saturated carbocycles. The number of nitrogens with two attached hydrogens (primary N) is 1.